The summed E-state index contributed by atoms with van der Waals surface area (Å²) in [6.45, 7) is 0.962. The normalized spacial score (nSPS) is 17.6. The minimum Gasteiger partial charge on any atom is -0.447 e. The molecule has 1 saturated heterocycles. The maximum Gasteiger partial charge on any atom is 0.411 e. The summed E-state index contributed by atoms with van der Waals surface area (Å²) in [7, 11) is 0. The van der Waals surface area contributed by atoms with Gasteiger partial charge in [0.05, 0.1) is 29.7 Å². The van der Waals surface area contributed by atoms with Crippen molar-refractivity contribution < 1.29 is 14.3 Å². The van der Waals surface area contributed by atoms with Gasteiger partial charge in [-0.05, 0) is 83.6 Å². The summed E-state index contributed by atoms with van der Waals surface area (Å²) in [5.41, 5.74) is 5.34. The standard InChI is InChI=1S/C30H27ClN8O4/c31-20-5-9-26(38-17-33-36-37-38)24(14-20)19-12-22-8-10-27(39(22)28(40)13-19)29-32-15-25(35-29)18-3-6-21(7-4-18)34-30(41)43-16-23-2-1-11-42-23/h3-7,9,12-15,17,23,27H,1-2,8,10-11,16H2,(H,32,35)(H,34,41)/t23?,27-/m0/s1. The van der Waals surface area contributed by atoms with Crippen molar-refractivity contribution >= 4 is 23.4 Å². The SMILES string of the molecule is O=C(Nc1ccc(-c2cnc([C@@H]3CCc4cc(-c5cc(Cl)ccc5-n5cnnn5)cc(=O)n43)[nH]2)cc1)OCC1CCCO1. The van der Waals surface area contributed by atoms with Crippen LogP contribution in [0.1, 0.15) is 36.8 Å². The van der Waals surface area contributed by atoms with Gasteiger partial charge in [-0.1, -0.05) is 23.7 Å². The zero-order chi connectivity index (χ0) is 29.3. The molecule has 43 heavy (non-hydrogen) atoms. The van der Waals surface area contributed by atoms with E-state index < -0.39 is 6.09 Å². The van der Waals surface area contributed by atoms with Gasteiger partial charge in [-0.15, -0.1) is 5.10 Å². The van der Waals surface area contributed by atoms with E-state index in [9.17, 15) is 9.59 Å². The third-order valence-electron chi connectivity index (χ3n) is 7.78. The van der Waals surface area contributed by atoms with Gasteiger partial charge in [-0.3, -0.25) is 10.1 Å². The Labute approximate surface area is 250 Å². The van der Waals surface area contributed by atoms with Crippen LogP contribution in [0.25, 0.3) is 28.1 Å². The average molecular weight is 599 g/mol. The Morgan fingerprint density at radius 2 is 2.00 bits per heavy atom. The lowest BCUT2D eigenvalue weighted by Crippen LogP contribution is -2.23. The van der Waals surface area contributed by atoms with Crippen LogP contribution in [0, 0.1) is 0 Å². The molecule has 5 heterocycles. The number of rotatable bonds is 7. The van der Waals surface area contributed by atoms with Crippen molar-refractivity contribution in [3.63, 3.8) is 0 Å². The first-order chi connectivity index (χ1) is 21.0. The van der Waals surface area contributed by atoms with Crippen molar-refractivity contribution in [3.05, 3.63) is 94.0 Å². The van der Waals surface area contributed by atoms with Gasteiger partial charge in [-0.25, -0.2) is 9.78 Å². The number of tetrazole rings is 1. The van der Waals surface area contributed by atoms with E-state index in [1.165, 1.54) is 6.33 Å². The highest BCUT2D eigenvalue weighted by molar-refractivity contribution is 6.31. The first kappa shape index (κ1) is 27.0. The third kappa shape index (κ3) is 5.54. The fourth-order valence-electron chi connectivity index (χ4n) is 5.70. The number of pyridine rings is 1. The summed E-state index contributed by atoms with van der Waals surface area (Å²) in [6.07, 6.45) is 6.08. The molecule has 2 atom stereocenters. The first-order valence-electron chi connectivity index (χ1n) is 14.0. The highest BCUT2D eigenvalue weighted by atomic mass is 35.5. The summed E-state index contributed by atoms with van der Waals surface area (Å²) in [4.78, 5) is 33.6. The largest absolute Gasteiger partial charge is 0.447 e. The molecule has 2 aromatic carbocycles. The number of hydrogen-bond acceptors (Lipinski definition) is 8. The molecule has 2 aliphatic heterocycles. The molecule has 1 amide bonds. The van der Waals surface area contributed by atoms with E-state index in [4.69, 9.17) is 21.1 Å². The monoisotopic (exact) mass is 598 g/mol. The number of ether oxygens (including phenoxy) is 2. The molecule has 5 aromatic rings. The molecule has 3 aromatic heterocycles. The van der Waals surface area contributed by atoms with Gasteiger partial charge >= 0.3 is 6.09 Å². The van der Waals surface area contributed by atoms with E-state index in [-0.39, 0.29) is 24.3 Å². The van der Waals surface area contributed by atoms with Crippen LogP contribution in [-0.4, -0.2) is 60.2 Å². The molecule has 2 aliphatic rings. The molecular formula is C30H27ClN8O4. The van der Waals surface area contributed by atoms with Crippen molar-refractivity contribution in [1.29, 1.82) is 0 Å². The Morgan fingerprint density at radius 1 is 1.12 bits per heavy atom. The van der Waals surface area contributed by atoms with Gasteiger partial charge in [0.25, 0.3) is 5.56 Å². The number of amides is 1. The van der Waals surface area contributed by atoms with Crippen LogP contribution in [0.4, 0.5) is 10.5 Å². The second kappa shape index (κ2) is 11.5. The number of imidazole rings is 1. The van der Waals surface area contributed by atoms with Crippen LogP contribution >= 0.6 is 11.6 Å². The molecular weight excluding hydrogens is 572 g/mol. The maximum atomic E-state index is 13.5. The van der Waals surface area contributed by atoms with Gasteiger partial charge in [0.15, 0.2) is 0 Å². The van der Waals surface area contributed by atoms with Crippen LogP contribution in [-0.2, 0) is 15.9 Å². The predicted molar refractivity (Wildman–Crippen MR) is 158 cm³/mol. The van der Waals surface area contributed by atoms with Crippen molar-refractivity contribution in [2.45, 2.75) is 37.8 Å². The zero-order valence-electron chi connectivity index (χ0n) is 22.9. The number of hydrogen-bond donors (Lipinski definition) is 2. The molecule has 218 valence electrons. The minimum absolute atomic E-state index is 0.0218. The summed E-state index contributed by atoms with van der Waals surface area (Å²) in [6, 6.07) is 16.2. The molecule has 0 saturated carbocycles. The van der Waals surface area contributed by atoms with Crippen molar-refractivity contribution in [2.24, 2.45) is 0 Å². The quantitative estimate of drug-likeness (QED) is 0.272. The molecule has 1 unspecified atom stereocenters. The third-order valence-corrected chi connectivity index (χ3v) is 8.01. The van der Waals surface area contributed by atoms with Crippen molar-refractivity contribution in [3.8, 4) is 28.1 Å². The molecule has 0 spiro atoms. The van der Waals surface area contributed by atoms with Crippen molar-refractivity contribution in [1.82, 2.24) is 34.7 Å². The molecule has 1 fully saturated rings. The van der Waals surface area contributed by atoms with Crippen LogP contribution in [0.5, 0.6) is 0 Å². The molecule has 0 bridgehead atoms. The van der Waals surface area contributed by atoms with Crippen LogP contribution in [0.15, 0.2) is 71.9 Å². The summed E-state index contributed by atoms with van der Waals surface area (Å²) >= 11 is 6.32. The van der Waals surface area contributed by atoms with Crippen LogP contribution in [0.3, 0.4) is 0 Å². The smallest absolute Gasteiger partial charge is 0.411 e. The van der Waals surface area contributed by atoms with Crippen LogP contribution < -0.4 is 10.9 Å². The van der Waals surface area contributed by atoms with Gasteiger partial charge in [0.1, 0.15) is 18.8 Å². The van der Waals surface area contributed by atoms with Gasteiger partial charge in [-0.2, -0.15) is 4.68 Å². The lowest BCUT2D eigenvalue weighted by Gasteiger charge is -2.15. The number of aromatic nitrogens is 7. The lowest BCUT2D eigenvalue weighted by molar-refractivity contribution is 0.0484. The number of benzene rings is 2. The maximum absolute atomic E-state index is 13.5. The second-order valence-corrected chi connectivity index (χ2v) is 11.0. The molecule has 7 rings (SSSR count). The summed E-state index contributed by atoms with van der Waals surface area (Å²) < 4.78 is 14.1. The number of aromatic amines is 1. The summed E-state index contributed by atoms with van der Waals surface area (Å²) in [5.74, 6) is 0.709. The molecule has 2 N–H and O–H groups in total. The number of anilines is 1. The lowest BCUT2D eigenvalue weighted by atomic mass is 10.0. The number of halogens is 1. The van der Waals surface area contributed by atoms with E-state index in [0.29, 0.717) is 29.6 Å². The molecule has 12 nitrogen and oxygen atoms in total. The van der Waals surface area contributed by atoms with E-state index in [2.05, 4.69) is 30.8 Å². The number of aryl methyl sites for hydroxylation is 1. The number of carbonyl (C=O) groups is 1. The highest BCUT2D eigenvalue weighted by Gasteiger charge is 2.28. The number of nitrogens with one attached hydrogen (secondary N) is 2. The number of nitrogens with zero attached hydrogens (tertiary/aromatic N) is 6. The Bertz CT molecular complexity index is 1830. The number of carbonyl (C=O) groups excluding carboxylic acids is 1. The zero-order valence-corrected chi connectivity index (χ0v) is 23.7. The Hall–Kier alpha value is -4.81. The average Bonchev–Trinajstić information content (AvgIpc) is 3.84. The first-order valence-corrected chi connectivity index (χ1v) is 14.4. The molecule has 13 heteroatoms. The van der Waals surface area contributed by atoms with Crippen molar-refractivity contribution in [2.75, 3.05) is 18.5 Å². The fraction of sp³-hybridized carbons (Fsp3) is 0.267. The van der Waals surface area contributed by atoms with E-state index >= 15 is 0 Å². The topological polar surface area (TPSA) is 142 Å². The Balaban J connectivity index is 1.08. The fourth-order valence-corrected chi connectivity index (χ4v) is 5.88. The van der Waals surface area contributed by atoms with E-state index in [1.807, 2.05) is 30.3 Å². The number of H-pyrrole nitrogens is 1. The van der Waals surface area contributed by atoms with Gasteiger partial charge < -0.3 is 19.0 Å². The Kier molecular flexibility index (Phi) is 7.21. The minimum atomic E-state index is -0.512. The molecule has 0 aliphatic carbocycles. The van der Waals surface area contributed by atoms with Gasteiger partial charge in [0, 0.05) is 34.6 Å². The van der Waals surface area contributed by atoms with Crippen LogP contribution in [0.2, 0.25) is 5.02 Å². The second-order valence-electron chi connectivity index (χ2n) is 10.5. The predicted octanol–water partition coefficient (Wildman–Crippen LogP) is 4.80. The Morgan fingerprint density at radius 3 is 2.79 bits per heavy atom. The van der Waals surface area contributed by atoms with E-state index in [0.717, 1.165) is 53.0 Å². The number of fused-ring (bicyclic) bond motifs is 1. The highest BCUT2D eigenvalue weighted by Crippen LogP contribution is 2.34. The van der Waals surface area contributed by atoms with E-state index in [1.54, 1.807) is 39.7 Å². The molecule has 0 radical (unpaired) electrons. The summed E-state index contributed by atoms with van der Waals surface area (Å²) in [5, 5.41) is 14.8. The van der Waals surface area contributed by atoms with Gasteiger partial charge in [0.2, 0.25) is 0 Å².